The number of pyridine rings is 2. The minimum absolute atomic E-state index is 0.277. The Morgan fingerprint density at radius 1 is 1.19 bits per heavy atom. The lowest BCUT2D eigenvalue weighted by Crippen LogP contribution is -2.39. The summed E-state index contributed by atoms with van der Waals surface area (Å²) in [5.74, 6) is 0.945. The fourth-order valence-electron chi connectivity index (χ4n) is 3.47. The molecule has 6 heteroatoms. The molecule has 0 saturated carbocycles. The van der Waals surface area contributed by atoms with Crippen LogP contribution in [0.2, 0.25) is 5.02 Å². The molecule has 0 aliphatic carbocycles. The fourth-order valence-corrected chi connectivity index (χ4v) is 3.63. The second kappa shape index (κ2) is 7.48. The zero-order valence-electron chi connectivity index (χ0n) is 14.4. The van der Waals surface area contributed by atoms with Gasteiger partial charge in [-0.3, -0.25) is 4.98 Å². The first kappa shape index (κ1) is 17.1. The van der Waals surface area contributed by atoms with Crippen molar-refractivity contribution in [2.75, 3.05) is 23.3 Å². The molecule has 3 aromatic rings. The SMILES string of the molecule is O[C@@H]1CCCN(c2ncccc2CNc2ccnc3cc(Cl)ccc23)C1. The van der Waals surface area contributed by atoms with Gasteiger partial charge in [-0.2, -0.15) is 0 Å². The molecule has 0 spiro atoms. The predicted octanol–water partition coefficient (Wildman–Crippen LogP) is 3.86. The number of rotatable bonds is 4. The number of hydrogen-bond acceptors (Lipinski definition) is 5. The molecule has 0 bridgehead atoms. The van der Waals surface area contributed by atoms with Gasteiger partial charge in [-0.05, 0) is 43.2 Å². The Hall–Kier alpha value is -2.37. The average Bonchev–Trinajstić information content (AvgIpc) is 2.66. The number of aliphatic hydroxyl groups is 1. The van der Waals surface area contributed by atoms with Crippen LogP contribution in [0.5, 0.6) is 0 Å². The maximum absolute atomic E-state index is 9.98. The molecule has 1 atom stereocenters. The van der Waals surface area contributed by atoms with Gasteiger partial charge in [0.1, 0.15) is 5.82 Å². The lowest BCUT2D eigenvalue weighted by Gasteiger charge is -2.32. The first-order valence-electron chi connectivity index (χ1n) is 8.86. The Labute approximate surface area is 157 Å². The van der Waals surface area contributed by atoms with Crippen molar-refractivity contribution in [2.45, 2.75) is 25.5 Å². The van der Waals surface area contributed by atoms with Crippen molar-refractivity contribution in [2.24, 2.45) is 0 Å². The van der Waals surface area contributed by atoms with Gasteiger partial charge in [0, 0.05) is 53.7 Å². The highest BCUT2D eigenvalue weighted by molar-refractivity contribution is 6.31. The predicted molar refractivity (Wildman–Crippen MR) is 106 cm³/mol. The second-order valence-electron chi connectivity index (χ2n) is 6.60. The van der Waals surface area contributed by atoms with E-state index < -0.39 is 0 Å². The van der Waals surface area contributed by atoms with Crippen molar-refractivity contribution in [3.63, 3.8) is 0 Å². The van der Waals surface area contributed by atoms with Crippen LogP contribution < -0.4 is 10.2 Å². The van der Waals surface area contributed by atoms with Crippen molar-refractivity contribution >= 4 is 34.0 Å². The number of aromatic nitrogens is 2. The molecular weight excluding hydrogens is 348 g/mol. The first-order chi connectivity index (χ1) is 12.7. The summed E-state index contributed by atoms with van der Waals surface area (Å²) in [5.41, 5.74) is 2.99. The zero-order valence-corrected chi connectivity index (χ0v) is 15.2. The number of piperidine rings is 1. The Kier molecular flexibility index (Phi) is 4.91. The van der Waals surface area contributed by atoms with Crippen LogP contribution in [0.15, 0.2) is 48.8 Å². The summed E-state index contributed by atoms with van der Waals surface area (Å²) < 4.78 is 0. The molecule has 1 aliphatic heterocycles. The summed E-state index contributed by atoms with van der Waals surface area (Å²) in [6.07, 6.45) is 5.17. The van der Waals surface area contributed by atoms with E-state index in [4.69, 9.17) is 11.6 Å². The fraction of sp³-hybridized carbons (Fsp3) is 0.300. The minimum atomic E-state index is -0.277. The number of nitrogens with one attached hydrogen (secondary N) is 1. The third-order valence-electron chi connectivity index (χ3n) is 4.74. The molecule has 4 rings (SSSR count). The quantitative estimate of drug-likeness (QED) is 0.732. The number of nitrogens with zero attached hydrogens (tertiary/aromatic N) is 3. The standard InChI is InChI=1S/C20H21ClN4O/c21-15-5-6-17-18(7-9-22-19(17)11-15)24-12-14-3-1-8-23-20(14)25-10-2-4-16(26)13-25/h1,3,5-9,11,16,26H,2,4,10,12-13H2,(H,22,24)/t16-/m1/s1. The van der Waals surface area contributed by atoms with Gasteiger partial charge in [-0.25, -0.2) is 4.98 Å². The molecule has 1 aliphatic rings. The molecular formula is C20H21ClN4O. The van der Waals surface area contributed by atoms with Crippen LogP contribution in [-0.2, 0) is 6.54 Å². The maximum Gasteiger partial charge on any atom is 0.133 e. The van der Waals surface area contributed by atoms with Crippen molar-refractivity contribution in [3.8, 4) is 0 Å². The zero-order chi connectivity index (χ0) is 17.9. The molecule has 0 amide bonds. The van der Waals surface area contributed by atoms with Crippen molar-refractivity contribution in [1.29, 1.82) is 0 Å². The molecule has 1 saturated heterocycles. The van der Waals surface area contributed by atoms with Gasteiger partial charge in [0.25, 0.3) is 0 Å². The molecule has 1 aromatic carbocycles. The van der Waals surface area contributed by atoms with Gasteiger partial charge >= 0.3 is 0 Å². The lowest BCUT2D eigenvalue weighted by atomic mass is 10.1. The summed E-state index contributed by atoms with van der Waals surface area (Å²) in [7, 11) is 0. The molecule has 2 N–H and O–H groups in total. The summed E-state index contributed by atoms with van der Waals surface area (Å²) in [6, 6.07) is 11.7. The Bertz CT molecular complexity index is 917. The average molecular weight is 369 g/mol. The largest absolute Gasteiger partial charge is 0.391 e. The number of halogens is 1. The molecule has 5 nitrogen and oxygen atoms in total. The number of anilines is 2. The third kappa shape index (κ3) is 3.59. The molecule has 26 heavy (non-hydrogen) atoms. The summed E-state index contributed by atoms with van der Waals surface area (Å²) >= 11 is 6.07. The number of benzene rings is 1. The minimum Gasteiger partial charge on any atom is -0.391 e. The topological polar surface area (TPSA) is 61.3 Å². The summed E-state index contributed by atoms with van der Waals surface area (Å²) in [4.78, 5) is 11.1. The molecule has 2 aromatic heterocycles. The highest BCUT2D eigenvalue weighted by Gasteiger charge is 2.20. The van der Waals surface area contributed by atoms with E-state index in [1.807, 2.05) is 36.5 Å². The van der Waals surface area contributed by atoms with Crippen LogP contribution in [0, 0.1) is 0 Å². The van der Waals surface area contributed by atoms with E-state index in [0.717, 1.165) is 47.4 Å². The highest BCUT2D eigenvalue weighted by atomic mass is 35.5. The van der Waals surface area contributed by atoms with E-state index in [1.165, 1.54) is 0 Å². The monoisotopic (exact) mass is 368 g/mol. The lowest BCUT2D eigenvalue weighted by molar-refractivity contribution is 0.154. The Morgan fingerprint density at radius 2 is 2.12 bits per heavy atom. The van der Waals surface area contributed by atoms with Crippen molar-refractivity contribution < 1.29 is 5.11 Å². The van der Waals surface area contributed by atoms with Crippen LogP contribution in [0.1, 0.15) is 18.4 Å². The molecule has 3 heterocycles. The van der Waals surface area contributed by atoms with E-state index in [2.05, 4.69) is 26.3 Å². The number of β-amino-alcohol motifs (C(OH)–C–C–N with tert-alkyl or cyclic N) is 1. The summed E-state index contributed by atoms with van der Waals surface area (Å²) in [6.45, 7) is 2.22. The van der Waals surface area contributed by atoms with E-state index in [1.54, 1.807) is 6.20 Å². The summed E-state index contributed by atoms with van der Waals surface area (Å²) in [5, 5.41) is 15.2. The second-order valence-corrected chi connectivity index (χ2v) is 7.04. The van der Waals surface area contributed by atoms with Gasteiger partial charge in [0.05, 0.1) is 11.6 Å². The van der Waals surface area contributed by atoms with Crippen LogP contribution in [0.3, 0.4) is 0 Å². The van der Waals surface area contributed by atoms with Gasteiger partial charge in [-0.15, -0.1) is 0 Å². The molecule has 134 valence electrons. The number of fused-ring (bicyclic) bond motifs is 1. The van der Waals surface area contributed by atoms with Gasteiger partial charge in [-0.1, -0.05) is 17.7 Å². The first-order valence-corrected chi connectivity index (χ1v) is 9.23. The van der Waals surface area contributed by atoms with E-state index >= 15 is 0 Å². The van der Waals surface area contributed by atoms with E-state index in [-0.39, 0.29) is 6.10 Å². The highest BCUT2D eigenvalue weighted by Crippen LogP contribution is 2.27. The number of hydrogen-bond donors (Lipinski definition) is 2. The van der Waals surface area contributed by atoms with E-state index in [0.29, 0.717) is 18.1 Å². The van der Waals surface area contributed by atoms with E-state index in [9.17, 15) is 5.11 Å². The Balaban J connectivity index is 1.57. The third-order valence-corrected chi connectivity index (χ3v) is 4.97. The normalized spacial score (nSPS) is 17.5. The van der Waals surface area contributed by atoms with Crippen molar-refractivity contribution in [1.82, 2.24) is 9.97 Å². The number of aliphatic hydroxyl groups excluding tert-OH is 1. The maximum atomic E-state index is 9.98. The molecule has 0 unspecified atom stereocenters. The van der Waals surface area contributed by atoms with Crippen LogP contribution in [-0.4, -0.2) is 34.3 Å². The van der Waals surface area contributed by atoms with Crippen LogP contribution in [0.25, 0.3) is 10.9 Å². The molecule has 0 radical (unpaired) electrons. The van der Waals surface area contributed by atoms with Crippen LogP contribution in [0.4, 0.5) is 11.5 Å². The Morgan fingerprint density at radius 3 is 3.00 bits per heavy atom. The smallest absolute Gasteiger partial charge is 0.133 e. The van der Waals surface area contributed by atoms with Gasteiger partial charge < -0.3 is 15.3 Å². The van der Waals surface area contributed by atoms with Gasteiger partial charge in [0.15, 0.2) is 0 Å². The van der Waals surface area contributed by atoms with Crippen LogP contribution >= 0.6 is 11.6 Å². The molecule has 1 fully saturated rings. The van der Waals surface area contributed by atoms with Crippen molar-refractivity contribution in [3.05, 3.63) is 59.4 Å². The van der Waals surface area contributed by atoms with Gasteiger partial charge in [0.2, 0.25) is 0 Å².